The second kappa shape index (κ2) is 6.73. The van der Waals surface area contributed by atoms with Gasteiger partial charge in [0.25, 0.3) is 5.69 Å². The predicted molar refractivity (Wildman–Crippen MR) is 101 cm³/mol. The Kier molecular flexibility index (Phi) is 4.25. The zero-order valence-electron chi connectivity index (χ0n) is 15.0. The molecule has 2 heterocycles. The molecule has 8 nitrogen and oxygen atoms in total. The average molecular weight is 362 g/mol. The van der Waals surface area contributed by atoms with E-state index in [0.29, 0.717) is 36.0 Å². The maximum absolute atomic E-state index is 11.8. The molecule has 4 rings (SSSR count). The molecule has 0 saturated carbocycles. The van der Waals surface area contributed by atoms with Crippen LogP contribution in [0.3, 0.4) is 0 Å². The largest absolute Gasteiger partial charge is 0.302 e. The summed E-state index contributed by atoms with van der Waals surface area (Å²) in [6.45, 7) is 0.815. The summed E-state index contributed by atoms with van der Waals surface area (Å²) in [4.78, 5) is 18.1. The highest BCUT2D eigenvalue weighted by Gasteiger charge is 2.29. The first-order valence-corrected chi connectivity index (χ1v) is 8.52. The Bertz CT molecular complexity index is 1040. The number of aromatic nitrogens is 3. The average Bonchev–Trinajstić information content (AvgIpc) is 2.95. The third-order valence-electron chi connectivity index (χ3n) is 4.37. The van der Waals surface area contributed by atoms with Crippen molar-refractivity contribution in [2.45, 2.75) is 13.1 Å². The van der Waals surface area contributed by atoms with Gasteiger partial charge >= 0.3 is 0 Å². The van der Waals surface area contributed by atoms with Crippen molar-refractivity contribution >= 4 is 11.4 Å². The molecule has 8 heteroatoms. The van der Waals surface area contributed by atoms with Crippen molar-refractivity contribution in [1.29, 1.82) is 0 Å². The summed E-state index contributed by atoms with van der Waals surface area (Å²) in [5.74, 6) is 1.24. The van der Waals surface area contributed by atoms with E-state index in [0.717, 1.165) is 11.3 Å². The van der Waals surface area contributed by atoms with Gasteiger partial charge in [-0.3, -0.25) is 19.7 Å². The van der Waals surface area contributed by atoms with E-state index < -0.39 is 0 Å². The molecule has 0 amide bonds. The third-order valence-corrected chi connectivity index (χ3v) is 4.37. The van der Waals surface area contributed by atoms with Crippen LogP contribution in [0.4, 0.5) is 5.69 Å². The Morgan fingerprint density at radius 3 is 2.59 bits per heavy atom. The molecule has 0 bridgehead atoms. The molecule has 0 unspecified atom stereocenters. The molecule has 0 fully saturated rings. The molecule has 3 aromatic rings. The molecule has 0 aliphatic carbocycles. The molecular formula is C19H18N6O2. The number of para-hydroxylation sites is 1. The zero-order valence-corrected chi connectivity index (χ0v) is 15.0. The summed E-state index contributed by atoms with van der Waals surface area (Å²) >= 11 is 0. The summed E-state index contributed by atoms with van der Waals surface area (Å²) in [5, 5.41) is 20.3. The van der Waals surface area contributed by atoms with Crippen molar-refractivity contribution in [3.8, 4) is 5.69 Å². The van der Waals surface area contributed by atoms with E-state index in [1.807, 2.05) is 55.4 Å². The van der Waals surface area contributed by atoms with Gasteiger partial charge in [0.2, 0.25) is 0 Å². The molecule has 1 aliphatic heterocycles. The number of nitro groups is 1. The van der Waals surface area contributed by atoms with Crippen LogP contribution in [0.25, 0.3) is 5.69 Å². The van der Waals surface area contributed by atoms with Crippen LogP contribution in [0.1, 0.15) is 22.8 Å². The van der Waals surface area contributed by atoms with Gasteiger partial charge in [-0.05, 0) is 14.1 Å². The second-order valence-corrected chi connectivity index (χ2v) is 6.57. The first-order valence-electron chi connectivity index (χ1n) is 8.52. The number of nitro benzene ring substituents is 1. The number of fused-ring (bicyclic) bond motifs is 3. The van der Waals surface area contributed by atoms with Crippen molar-refractivity contribution in [2.24, 2.45) is 4.99 Å². The number of rotatable bonds is 4. The maximum Gasteiger partial charge on any atom is 0.294 e. The van der Waals surface area contributed by atoms with E-state index in [4.69, 9.17) is 4.99 Å². The van der Waals surface area contributed by atoms with Crippen molar-refractivity contribution in [2.75, 3.05) is 14.1 Å². The minimum absolute atomic E-state index is 0.0130. The normalized spacial score (nSPS) is 12.9. The molecule has 1 aromatic heterocycles. The van der Waals surface area contributed by atoms with Crippen molar-refractivity contribution in [1.82, 2.24) is 19.7 Å². The molecule has 136 valence electrons. The fourth-order valence-corrected chi connectivity index (χ4v) is 3.28. The van der Waals surface area contributed by atoms with Gasteiger partial charge in [0.05, 0.1) is 17.2 Å². The van der Waals surface area contributed by atoms with Gasteiger partial charge in [0.1, 0.15) is 12.2 Å². The lowest BCUT2D eigenvalue weighted by molar-refractivity contribution is -0.384. The van der Waals surface area contributed by atoms with Gasteiger partial charge in [-0.25, -0.2) is 0 Å². The highest BCUT2D eigenvalue weighted by molar-refractivity contribution is 6.15. The number of benzene rings is 2. The SMILES string of the molecule is CN(C)Cc1nnc2n1-c1c(cccc1[N+](=O)[O-])C(c1ccccc1)=NC2. The Balaban J connectivity index is 2.01. The molecular weight excluding hydrogens is 344 g/mol. The predicted octanol–water partition coefficient (Wildman–Crippen LogP) is 2.59. The van der Waals surface area contributed by atoms with E-state index in [2.05, 4.69) is 10.2 Å². The number of hydrogen-bond acceptors (Lipinski definition) is 6. The third kappa shape index (κ3) is 3.00. The lowest BCUT2D eigenvalue weighted by Crippen LogP contribution is -2.17. The molecule has 0 N–H and O–H groups in total. The minimum atomic E-state index is -0.365. The first-order chi connectivity index (χ1) is 13.1. The van der Waals surface area contributed by atoms with Gasteiger partial charge in [0, 0.05) is 17.2 Å². The standard InChI is InChI=1S/C19H18N6O2/c1-23(2)12-17-22-21-16-11-20-18(13-7-4-3-5-8-13)14-9-6-10-15(25(26)27)19(14)24(16)17/h3-10H,11-12H2,1-2H3. The Morgan fingerprint density at radius 2 is 1.89 bits per heavy atom. The van der Waals surface area contributed by atoms with E-state index in [1.54, 1.807) is 10.6 Å². The number of aliphatic imine (C=N–C) groups is 1. The van der Waals surface area contributed by atoms with Crippen LogP contribution in [0.2, 0.25) is 0 Å². The molecule has 2 aromatic carbocycles. The highest BCUT2D eigenvalue weighted by Crippen LogP contribution is 2.33. The second-order valence-electron chi connectivity index (χ2n) is 6.57. The number of nitrogens with zero attached hydrogens (tertiary/aromatic N) is 6. The maximum atomic E-state index is 11.8. The van der Waals surface area contributed by atoms with Crippen LogP contribution in [0, 0.1) is 10.1 Å². The zero-order chi connectivity index (χ0) is 19.0. The highest BCUT2D eigenvalue weighted by atomic mass is 16.6. The van der Waals surface area contributed by atoms with E-state index >= 15 is 0 Å². The summed E-state index contributed by atoms with van der Waals surface area (Å²) in [6, 6.07) is 14.8. The summed E-state index contributed by atoms with van der Waals surface area (Å²) in [7, 11) is 3.84. The lowest BCUT2D eigenvalue weighted by atomic mass is 9.99. The Hall–Kier alpha value is -3.39. The summed E-state index contributed by atoms with van der Waals surface area (Å²) in [6.07, 6.45) is 0. The van der Waals surface area contributed by atoms with Crippen LogP contribution in [0.15, 0.2) is 53.5 Å². The Labute approximate surface area is 155 Å². The van der Waals surface area contributed by atoms with Gasteiger partial charge in [0.15, 0.2) is 11.6 Å². The molecule has 0 spiro atoms. The van der Waals surface area contributed by atoms with Crippen LogP contribution < -0.4 is 0 Å². The van der Waals surface area contributed by atoms with Gasteiger partial charge in [-0.15, -0.1) is 10.2 Å². The first kappa shape index (κ1) is 17.0. The molecule has 0 radical (unpaired) electrons. The van der Waals surface area contributed by atoms with Crippen LogP contribution >= 0.6 is 0 Å². The summed E-state index contributed by atoms with van der Waals surface area (Å²) < 4.78 is 1.78. The molecule has 0 atom stereocenters. The molecule has 1 aliphatic rings. The van der Waals surface area contributed by atoms with Crippen molar-refractivity contribution in [3.63, 3.8) is 0 Å². The molecule has 0 saturated heterocycles. The lowest BCUT2D eigenvalue weighted by Gasteiger charge is -2.15. The van der Waals surface area contributed by atoms with Gasteiger partial charge < -0.3 is 4.90 Å². The monoisotopic (exact) mass is 362 g/mol. The van der Waals surface area contributed by atoms with Crippen LogP contribution in [-0.2, 0) is 13.1 Å². The van der Waals surface area contributed by atoms with E-state index in [1.165, 1.54) is 6.07 Å². The van der Waals surface area contributed by atoms with Crippen molar-refractivity contribution in [3.05, 3.63) is 81.4 Å². The molecule has 27 heavy (non-hydrogen) atoms. The van der Waals surface area contributed by atoms with Crippen molar-refractivity contribution < 1.29 is 4.92 Å². The smallest absolute Gasteiger partial charge is 0.294 e. The van der Waals surface area contributed by atoms with Crippen LogP contribution in [-0.4, -0.2) is 44.4 Å². The van der Waals surface area contributed by atoms with E-state index in [-0.39, 0.29) is 10.6 Å². The Morgan fingerprint density at radius 1 is 1.11 bits per heavy atom. The summed E-state index contributed by atoms with van der Waals surface area (Å²) in [5.41, 5.74) is 2.82. The quantitative estimate of drug-likeness (QED) is 0.526. The number of hydrogen-bond donors (Lipinski definition) is 0. The fourth-order valence-electron chi connectivity index (χ4n) is 3.28. The fraction of sp³-hybridized carbons (Fsp3) is 0.211. The van der Waals surface area contributed by atoms with Gasteiger partial charge in [-0.1, -0.05) is 42.5 Å². The topological polar surface area (TPSA) is 89.5 Å². The minimum Gasteiger partial charge on any atom is -0.302 e. The van der Waals surface area contributed by atoms with E-state index in [9.17, 15) is 10.1 Å². The van der Waals surface area contributed by atoms with Gasteiger partial charge in [-0.2, -0.15) is 0 Å². The van der Waals surface area contributed by atoms with Crippen LogP contribution in [0.5, 0.6) is 0 Å².